The number of carbonyl (C=O) groups is 1. The third kappa shape index (κ3) is 2.05. The first-order valence-corrected chi connectivity index (χ1v) is 9.37. The SMILES string of the molecule is COc1cccc2c1C(=O)/C(=C1\Sc3ccc4ccccc4c3N1C)C2. The van der Waals surface area contributed by atoms with Gasteiger partial charge in [-0.25, -0.2) is 0 Å². The van der Waals surface area contributed by atoms with E-state index >= 15 is 0 Å². The van der Waals surface area contributed by atoms with Gasteiger partial charge in [0, 0.05) is 29.3 Å². The molecule has 0 atom stereocenters. The zero-order valence-electron chi connectivity index (χ0n) is 14.6. The fraction of sp³-hybridized carbons (Fsp3) is 0.136. The average molecular weight is 359 g/mol. The lowest BCUT2D eigenvalue weighted by Gasteiger charge is -2.17. The lowest BCUT2D eigenvalue weighted by atomic mass is 10.1. The van der Waals surface area contributed by atoms with Gasteiger partial charge in [0.2, 0.25) is 0 Å². The van der Waals surface area contributed by atoms with Crippen molar-refractivity contribution in [2.45, 2.75) is 11.3 Å². The second-order valence-electron chi connectivity index (χ2n) is 6.58. The average Bonchev–Trinajstić information content (AvgIpc) is 3.19. The number of hydrogen-bond donors (Lipinski definition) is 0. The summed E-state index contributed by atoms with van der Waals surface area (Å²) in [6.45, 7) is 0. The molecule has 128 valence electrons. The van der Waals surface area contributed by atoms with Crippen LogP contribution in [-0.4, -0.2) is 19.9 Å². The van der Waals surface area contributed by atoms with Gasteiger partial charge >= 0.3 is 0 Å². The van der Waals surface area contributed by atoms with Gasteiger partial charge in [0.15, 0.2) is 5.78 Å². The van der Waals surface area contributed by atoms with Crippen LogP contribution < -0.4 is 9.64 Å². The molecule has 1 aliphatic heterocycles. The molecule has 0 radical (unpaired) electrons. The molecule has 0 aromatic heterocycles. The smallest absolute Gasteiger partial charge is 0.196 e. The first-order chi connectivity index (χ1) is 12.7. The van der Waals surface area contributed by atoms with Crippen molar-refractivity contribution in [2.75, 3.05) is 19.1 Å². The van der Waals surface area contributed by atoms with Gasteiger partial charge in [-0.1, -0.05) is 54.2 Å². The maximum atomic E-state index is 13.1. The molecule has 2 aliphatic rings. The number of fused-ring (bicyclic) bond motifs is 4. The van der Waals surface area contributed by atoms with Crippen molar-refractivity contribution in [3.63, 3.8) is 0 Å². The number of allylic oxidation sites excluding steroid dienone is 1. The minimum atomic E-state index is 0.0870. The molecule has 1 heterocycles. The normalized spacial score (nSPS) is 18.4. The van der Waals surface area contributed by atoms with E-state index in [9.17, 15) is 4.79 Å². The lowest BCUT2D eigenvalue weighted by Crippen LogP contribution is -2.14. The van der Waals surface area contributed by atoms with Gasteiger partial charge in [0.1, 0.15) is 5.75 Å². The first-order valence-electron chi connectivity index (χ1n) is 8.56. The van der Waals surface area contributed by atoms with Crippen molar-refractivity contribution < 1.29 is 9.53 Å². The first kappa shape index (κ1) is 15.5. The van der Waals surface area contributed by atoms with Gasteiger partial charge < -0.3 is 9.64 Å². The standard InChI is InChI=1S/C22H17NO2S/c1-23-20-15-8-4-3-6-13(15)10-11-18(20)26-22(23)16-12-14-7-5-9-17(25-2)19(14)21(16)24/h3-11H,12H2,1-2H3/b22-16-. The second-order valence-corrected chi connectivity index (χ2v) is 7.61. The van der Waals surface area contributed by atoms with E-state index in [2.05, 4.69) is 48.3 Å². The lowest BCUT2D eigenvalue weighted by molar-refractivity contribution is 0.103. The molecule has 26 heavy (non-hydrogen) atoms. The van der Waals surface area contributed by atoms with Crippen molar-refractivity contribution in [1.82, 2.24) is 0 Å². The summed E-state index contributed by atoms with van der Waals surface area (Å²) in [5.41, 5.74) is 3.81. The molecule has 3 aromatic rings. The molecule has 3 aromatic carbocycles. The summed E-state index contributed by atoms with van der Waals surface area (Å²) in [5.74, 6) is 0.751. The molecule has 0 unspecified atom stereocenters. The summed E-state index contributed by atoms with van der Waals surface area (Å²) in [7, 11) is 3.67. The van der Waals surface area contributed by atoms with Gasteiger partial charge in [-0.15, -0.1) is 0 Å². The van der Waals surface area contributed by atoms with Crippen molar-refractivity contribution in [3.05, 3.63) is 76.3 Å². The molecular weight excluding hydrogens is 342 g/mol. The molecule has 0 amide bonds. The van der Waals surface area contributed by atoms with Crippen LogP contribution in [0.5, 0.6) is 5.75 Å². The zero-order valence-corrected chi connectivity index (χ0v) is 15.4. The molecule has 0 fully saturated rings. The third-order valence-electron chi connectivity index (χ3n) is 5.17. The van der Waals surface area contributed by atoms with Crippen LogP contribution in [0.15, 0.2) is 70.1 Å². The van der Waals surface area contributed by atoms with E-state index in [0.717, 1.165) is 16.2 Å². The number of nitrogens with zero attached hydrogens (tertiary/aromatic N) is 1. The molecule has 4 heteroatoms. The largest absolute Gasteiger partial charge is 0.496 e. The molecule has 1 aliphatic carbocycles. The minimum absolute atomic E-state index is 0.0870. The number of carbonyl (C=O) groups excluding carboxylic acids is 1. The van der Waals surface area contributed by atoms with Crippen LogP contribution in [0.4, 0.5) is 5.69 Å². The fourth-order valence-corrected chi connectivity index (χ4v) is 5.15. The van der Waals surface area contributed by atoms with Crippen LogP contribution in [0.2, 0.25) is 0 Å². The summed E-state index contributed by atoms with van der Waals surface area (Å²) in [6.07, 6.45) is 0.657. The minimum Gasteiger partial charge on any atom is -0.496 e. The number of ether oxygens (including phenoxy) is 1. The van der Waals surface area contributed by atoms with E-state index in [1.807, 2.05) is 18.2 Å². The summed E-state index contributed by atoms with van der Waals surface area (Å²) in [4.78, 5) is 16.5. The molecule has 0 bridgehead atoms. The van der Waals surface area contributed by atoms with Crippen LogP contribution in [-0.2, 0) is 6.42 Å². The Balaban J connectivity index is 1.66. The monoisotopic (exact) mass is 359 g/mol. The predicted molar refractivity (Wildman–Crippen MR) is 106 cm³/mol. The van der Waals surface area contributed by atoms with Gasteiger partial charge in [-0.3, -0.25) is 4.79 Å². The van der Waals surface area contributed by atoms with Crippen molar-refractivity contribution in [3.8, 4) is 5.75 Å². The Morgan fingerprint density at radius 3 is 2.73 bits per heavy atom. The number of thioether (sulfide) groups is 1. The Hall–Kier alpha value is -2.72. The van der Waals surface area contributed by atoms with Gasteiger partial charge in [-0.05, 0) is 23.1 Å². The van der Waals surface area contributed by atoms with Crippen LogP contribution in [0, 0.1) is 0 Å². The summed E-state index contributed by atoms with van der Waals surface area (Å²) in [6, 6.07) is 18.5. The quantitative estimate of drug-likeness (QED) is 0.569. The van der Waals surface area contributed by atoms with Crippen LogP contribution >= 0.6 is 11.8 Å². The highest BCUT2D eigenvalue weighted by molar-refractivity contribution is 8.03. The van der Waals surface area contributed by atoms with Crippen LogP contribution in [0.3, 0.4) is 0 Å². The van der Waals surface area contributed by atoms with Crippen molar-refractivity contribution in [2.24, 2.45) is 0 Å². The molecular formula is C22H17NO2S. The van der Waals surface area contributed by atoms with Gasteiger partial charge in [0.25, 0.3) is 0 Å². The maximum Gasteiger partial charge on any atom is 0.196 e. The van der Waals surface area contributed by atoms with Gasteiger partial charge in [-0.2, -0.15) is 0 Å². The third-order valence-corrected chi connectivity index (χ3v) is 6.43. The molecule has 5 rings (SSSR count). The van der Waals surface area contributed by atoms with E-state index in [-0.39, 0.29) is 5.78 Å². The van der Waals surface area contributed by atoms with E-state index in [4.69, 9.17) is 4.74 Å². The van der Waals surface area contributed by atoms with Crippen molar-refractivity contribution >= 4 is 34.0 Å². The Kier molecular flexibility index (Phi) is 3.37. The van der Waals surface area contributed by atoms with E-state index in [0.29, 0.717) is 17.7 Å². The van der Waals surface area contributed by atoms with Crippen LogP contribution in [0.1, 0.15) is 15.9 Å². The van der Waals surface area contributed by atoms with Crippen LogP contribution in [0.25, 0.3) is 10.8 Å². The Morgan fingerprint density at radius 1 is 1.04 bits per heavy atom. The molecule has 0 spiro atoms. The molecule has 0 N–H and O–H groups in total. The summed E-state index contributed by atoms with van der Waals surface area (Å²) < 4.78 is 5.42. The number of hydrogen-bond acceptors (Lipinski definition) is 4. The number of methoxy groups -OCH3 is 1. The molecule has 3 nitrogen and oxygen atoms in total. The number of ketones is 1. The Bertz CT molecular complexity index is 1120. The topological polar surface area (TPSA) is 29.5 Å². The maximum absolute atomic E-state index is 13.1. The summed E-state index contributed by atoms with van der Waals surface area (Å²) in [5, 5.41) is 3.46. The number of benzene rings is 3. The van der Waals surface area contributed by atoms with E-state index in [1.54, 1.807) is 18.9 Å². The summed E-state index contributed by atoms with van der Waals surface area (Å²) >= 11 is 1.69. The van der Waals surface area contributed by atoms with E-state index in [1.165, 1.54) is 21.4 Å². The highest BCUT2D eigenvalue weighted by Crippen LogP contribution is 2.51. The predicted octanol–water partition coefficient (Wildman–Crippen LogP) is 5.04. The number of rotatable bonds is 1. The second kappa shape index (κ2) is 5.64. The number of anilines is 1. The van der Waals surface area contributed by atoms with Gasteiger partial charge in [0.05, 0.1) is 23.4 Å². The van der Waals surface area contributed by atoms with Crippen molar-refractivity contribution in [1.29, 1.82) is 0 Å². The van der Waals surface area contributed by atoms with E-state index < -0.39 is 0 Å². The highest BCUT2D eigenvalue weighted by Gasteiger charge is 2.35. The fourth-order valence-electron chi connectivity index (χ4n) is 3.95. The zero-order chi connectivity index (χ0) is 17.8. The molecule has 0 saturated heterocycles. The highest BCUT2D eigenvalue weighted by atomic mass is 32.2. The number of Topliss-reactive ketones (excluding diaryl/α,β-unsaturated/α-hetero) is 1. The molecule has 0 saturated carbocycles. The Morgan fingerprint density at radius 2 is 1.88 bits per heavy atom. The Labute approximate surface area is 156 Å².